The molecule has 0 radical (unpaired) electrons. The van der Waals surface area contributed by atoms with E-state index >= 15 is 0 Å². The number of likely N-dealkylation sites (N-methyl/N-ethyl adjacent to an activating group) is 1. The molecule has 2 N–H and O–H groups in total. The van der Waals surface area contributed by atoms with Gasteiger partial charge in [0.1, 0.15) is 36.0 Å². The topological polar surface area (TPSA) is 68.8 Å². The summed E-state index contributed by atoms with van der Waals surface area (Å²) in [7, 11) is 4.09. The number of aryl methyl sites for hydroxylation is 1. The monoisotopic (exact) mass is 538 g/mol. The molecule has 7 nitrogen and oxygen atoms in total. The summed E-state index contributed by atoms with van der Waals surface area (Å²) >= 11 is 0. The number of H-pyrrole nitrogens is 1. The zero-order valence-corrected chi connectivity index (χ0v) is 23.5. The summed E-state index contributed by atoms with van der Waals surface area (Å²) in [5.41, 5.74) is 8.76. The van der Waals surface area contributed by atoms with E-state index in [1.807, 2.05) is 33.2 Å². The van der Waals surface area contributed by atoms with Crippen LogP contribution in [-0.2, 0) is 13.0 Å². The first-order valence-electron chi connectivity index (χ1n) is 13.7. The van der Waals surface area contributed by atoms with Crippen molar-refractivity contribution in [2.24, 2.45) is 4.99 Å². The molecule has 0 fully saturated rings. The van der Waals surface area contributed by atoms with E-state index in [9.17, 15) is 4.39 Å². The molecule has 1 unspecified atom stereocenters. The number of hydrogen-bond acceptors (Lipinski definition) is 6. The highest BCUT2D eigenvalue weighted by Gasteiger charge is 2.30. The number of rotatable bonds is 6. The van der Waals surface area contributed by atoms with Crippen LogP contribution in [0.3, 0.4) is 0 Å². The molecule has 206 valence electrons. The van der Waals surface area contributed by atoms with Gasteiger partial charge in [0.05, 0.1) is 17.6 Å². The van der Waals surface area contributed by atoms with E-state index in [2.05, 4.69) is 68.4 Å². The van der Waals surface area contributed by atoms with Crippen LogP contribution in [0, 0.1) is 12.7 Å². The van der Waals surface area contributed by atoms with Crippen molar-refractivity contribution >= 4 is 16.9 Å². The lowest BCUT2D eigenvalue weighted by molar-refractivity contribution is 0.187. The fourth-order valence-corrected chi connectivity index (χ4v) is 5.60. The number of aromatic nitrogens is 2. The highest BCUT2D eigenvalue weighted by atomic mass is 19.1. The van der Waals surface area contributed by atoms with Crippen molar-refractivity contribution in [3.8, 4) is 16.9 Å². The number of nitrogens with zero attached hydrogens (tertiary/aromatic N) is 4. The average molecular weight is 539 g/mol. The maximum absolute atomic E-state index is 13.6. The van der Waals surface area contributed by atoms with E-state index in [0.717, 1.165) is 69.5 Å². The Morgan fingerprint density at radius 2 is 1.80 bits per heavy atom. The maximum Gasteiger partial charge on any atom is 0.128 e. The highest BCUT2D eigenvalue weighted by Crippen LogP contribution is 2.33. The van der Waals surface area contributed by atoms with Crippen LogP contribution in [0.15, 0.2) is 76.9 Å². The molecule has 40 heavy (non-hydrogen) atoms. The summed E-state index contributed by atoms with van der Waals surface area (Å²) < 4.78 is 19.9. The predicted octanol–water partition coefficient (Wildman–Crippen LogP) is 5.28. The van der Waals surface area contributed by atoms with E-state index in [1.165, 1.54) is 17.7 Å². The first kappa shape index (κ1) is 26.2. The van der Waals surface area contributed by atoms with Gasteiger partial charge >= 0.3 is 0 Å². The highest BCUT2D eigenvalue weighted by molar-refractivity contribution is 5.87. The number of nitrogens with one attached hydrogen (secondary N) is 2. The first-order valence-corrected chi connectivity index (χ1v) is 13.7. The molecule has 8 heteroatoms. The molecule has 0 amide bonds. The van der Waals surface area contributed by atoms with E-state index in [4.69, 9.17) is 9.73 Å². The second-order valence-corrected chi connectivity index (χ2v) is 11.0. The summed E-state index contributed by atoms with van der Waals surface area (Å²) in [5, 5.41) is 3.53. The second kappa shape index (κ2) is 10.9. The van der Waals surface area contributed by atoms with Gasteiger partial charge in [-0.3, -0.25) is 4.90 Å². The molecule has 0 aliphatic carbocycles. The van der Waals surface area contributed by atoms with Crippen LogP contribution in [0.5, 0.6) is 5.75 Å². The fourth-order valence-electron chi connectivity index (χ4n) is 5.60. The summed E-state index contributed by atoms with van der Waals surface area (Å²) in [5.74, 6) is 2.54. The number of imidazole rings is 1. The van der Waals surface area contributed by atoms with Gasteiger partial charge in [-0.25, -0.2) is 14.4 Å². The molecular formula is C32H35FN6O. The van der Waals surface area contributed by atoms with E-state index in [-0.39, 0.29) is 12.0 Å². The number of ether oxygens (including phenoxy) is 1. The zero-order valence-electron chi connectivity index (χ0n) is 23.5. The zero-order chi connectivity index (χ0) is 27.8. The Balaban J connectivity index is 1.33. The lowest BCUT2D eigenvalue weighted by Gasteiger charge is -2.35. The largest absolute Gasteiger partial charge is 0.492 e. The lowest BCUT2D eigenvalue weighted by Crippen LogP contribution is -2.45. The Bertz CT molecular complexity index is 1600. The lowest BCUT2D eigenvalue weighted by atomic mass is 9.98. The Labute approximate surface area is 234 Å². The van der Waals surface area contributed by atoms with Crippen LogP contribution in [0.1, 0.15) is 23.9 Å². The number of aromatic amines is 1. The number of halogens is 1. The van der Waals surface area contributed by atoms with Crippen molar-refractivity contribution in [1.82, 2.24) is 25.1 Å². The van der Waals surface area contributed by atoms with E-state index < -0.39 is 0 Å². The van der Waals surface area contributed by atoms with Crippen molar-refractivity contribution < 1.29 is 9.13 Å². The van der Waals surface area contributed by atoms with Gasteiger partial charge in [-0.2, -0.15) is 0 Å². The van der Waals surface area contributed by atoms with Gasteiger partial charge in [0.15, 0.2) is 0 Å². The predicted molar refractivity (Wildman–Crippen MR) is 158 cm³/mol. The number of fused-ring (bicyclic) bond motifs is 2. The molecular weight excluding hydrogens is 503 g/mol. The molecule has 2 aliphatic rings. The molecule has 1 atom stereocenters. The van der Waals surface area contributed by atoms with Crippen LogP contribution in [0.25, 0.3) is 22.2 Å². The van der Waals surface area contributed by atoms with Crippen molar-refractivity contribution in [3.63, 3.8) is 0 Å². The van der Waals surface area contributed by atoms with Crippen molar-refractivity contribution in [3.05, 3.63) is 94.7 Å². The Hall–Kier alpha value is -4.01. The summed E-state index contributed by atoms with van der Waals surface area (Å²) in [6.07, 6.45) is 0.542. The quantitative estimate of drug-likeness (QED) is 0.350. The van der Waals surface area contributed by atoms with E-state index in [0.29, 0.717) is 19.6 Å². The number of allylic oxidation sites excluding steroid dienone is 1. The summed E-state index contributed by atoms with van der Waals surface area (Å²) in [6.45, 7) is 6.84. The van der Waals surface area contributed by atoms with Crippen molar-refractivity contribution in [2.75, 3.05) is 33.8 Å². The van der Waals surface area contributed by atoms with Crippen molar-refractivity contribution in [2.45, 2.75) is 33.0 Å². The van der Waals surface area contributed by atoms with Crippen LogP contribution in [-0.4, -0.2) is 65.6 Å². The van der Waals surface area contributed by atoms with Gasteiger partial charge in [0.25, 0.3) is 0 Å². The molecule has 1 aromatic heterocycles. The maximum atomic E-state index is 13.6. The van der Waals surface area contributed by atoms with Gasteiger partial charge in [-0.15, -0.1) is 0 Å². The third-order valence-electron chi connectivity index (χ3n) is 7.53. The number of hydrogen-bond donors (Lipinski definition) is 2. The van der Waals surface area contributed by atoms with Crippen LogP contribution in [0.4, 0.5) is 4.39 Å². The van der Waals surface area contributed by atoms with Gasteiger partial charge < -0.3 is 19.9 Å². The normalized spacial score (nSPS) is 17.9. The smallest absolute Gasteiger partial charge is 0.128 e. The first-order chi connectivity index (χ1) is 19.3. The third-order valence-corrected chi connectivity index (χ3v) is 7.53. The van der Waals surface area contributed by atoms with Crippen LogP contribution >= 0.6 is 0 Å². The van der Waals surface area contributed by atoms with Crippen molar-refractivity contribution in [1.29, 1.82) is 0 Å². The van der Waals surface area contributed by atoms with Gasteiger partial charge in [0.2, 0.25) is 0 Å². The molecule has 0 saturated carbocycles. The molecule has 6 rings (SSSR count). The van der Waals surface area contributed by atoms with E-state index in [1.54, 1.807) is 0 Å². The summed E-state index contributed by atoms with van der Waals surface area (Å²) in [6, 6.07) is 19.6. The molecule has 0 bridgehead atoms. The number of aliphatic imine (C=N–C) groups is 1. The number of benzene rings is 3. The Morgan fingerprint density at radius 3 is 2.60 bits per heavy atom. The van der Waals surface area contributed by atoms with Crippen LogP contribution < -0.4 is 10.1 Å². The summed E-state index contributed by atoms with van der Waals surface area (Å²) in [4.78, 5) is 17.6. The Morgan fingerprint density at radius 1 is 1.02 bits per heavy atom. The molecule has 0 spiro atoms. The molecule has 0 saturated heterocycles. The van der Waals surface area contributed by atoms with Gasteiger partial charge in [-0.05, 0) is 93.0 Å². The number of amidine groups is 1. The molecule has 3 aromatic carbocycles. The molecule has 2 aliphatic heterocycles. The third kappa shape index (κ3) is 5.50. The standard InChI is InChI=1S/C32H35FN6O/c1-20-27(15-22-5-9-26(33)10-6-22)32(37-31(34-20)19-38(3)4)39-13-14-40-30-12-8-23(16-25(30)18-39)24-7-11-28-29(17-24)36-21(2)35-28/h5-12,16-17,32H,13-15,18-19H2,1-4H3,(H,34,37)(H,35,36). The molecule has 4 aromatic rings. The SMILES string of the molecule is CC1=C(Cc2ccc(F)cc2)C(N2CCOc3ccc(-c4ccc5nc(C)[nH]c5c4)cc3C2)N=C(CN(C)C)N1. The second-order valence-electron chi connectivity index (χ2n) is 11.0. The average Bonchev–Trinajstić information content (AvgIpc) is 3.16. The minimum absolute atomic E-state index is 0.149. The van der Waals surface area contributed by atoms with Gasteiger partial charge in [-0.1, -0.05) is 24.3 Å². The van der Waals surface area contributed by atoms with Crippen LogP contribution in [0.2, 0.25) is 0 Å². The Kier molecular flexibility index (Phi) is 7.12. The fraction of sp³-hybridized carbons (Fsp3) is 0.312. The van der Waals surface area contributed by atoms with Gasteiger partial charge in [0, 0.05) is 24.4 Å². The molecule has 3 heterocycles. The minimum Gasteiger partial charge on any atom is -0.492 e. The minimum atomic E-state index is -0.224.